The second kappa shape index (κ2) is 3.23. The minimum absolute atomic E-state index is 0.180. The zero-order chi connectivity index (χ0) is 9.47. The van der Waals surface area contributed by atoms with Crippen LogP contribution in [0.1, 0.15) is 13.3 Å². The third-order valence-electron chi connectivity index (χ3n) is 3.44. The number of hydrogen-bond donors (Lipinski definition) is 0. The highest BCUT2D eigenvalue weighted by molar-refractivity contribution is 5.07. The zero-order valence-electron chi connectivity index (χ0n) is 8.92. The quantitative estimate of drug-likeness (QED) is 0.618. The average molecular weight is 184 g/mol. The predicted octanol–water partition coefficient (Wildman–Crippen LogP) is 0.411. The van der Waals surface area contributed by atoms with Gasteiger partial charge in [-0.25, -0.2) is 0 Å². The number of likely N-dealkylation sites (tertiary alicyclic amines) is 1. The van der Waals surface area contributed by atoms with Gasteiger partial charge in [-0.3, -0.25) is 4.90 Å². The second-order valence-corrected chi connectivity index (χ2v) is 4.48. The average Bonchev–Trinajstić information content (AvgIpc) is 2.44. The van der Waals surface area contributed by atoms with Gasteiger partial charge in [-0.2, -0.15) is 0 Å². The van der Waals surface area contributed by atoms with E-state index in [0.29, 0.717) is 6.04 Å². The topological polar surface area (TPSA) is 15.7 Å². The van der Waals surface area contributed by atoms with E-state index in [4.69, 9.17) is 4.74 Å². The molecular weight excluding hydrogens is 164 g/mol. The fourth-order valence-corrected chi connectivity index (χ4v) is 2.70. The van der Waals surface area contributed by atoms with Crippen LogP contribution in [-0.4, -0.2) is 61.8 Å². The molecule has 1 atom stereocenters. The van der Waals surface area contributed by atoms with Gasteiger partial charge < -0.3 is 9.64 Å². The summed E-state index contributed by atoms with van der Waals surface area (Å²) in [5.74, 6) is 0. The molecular formula is C10H20N2O. The van der Waals surface area contributed by atoms with Crippen LogP contribution in [-0.2, 0) is 4.74 Å². The van der Waals surface area contributed by atoms with Crippen molar-refractivity contribution in [2.45, 2.75) is 25.0 Å². The van der Waals surface area contributed by atoms with E-state index >= 15 is 0 Å². The largest absolute Gasteiger partial charge is 0.371 e. The molecule has 3 heteroatoms. The highest BCUT2D eigenvalue weighted by Crippen LogP contribution is 2.36. The Morgan fingerprint density at radius 2 is 2.15 bits per heavy atom. The summed E-state index contributed by atoms with van der Waals surface area (Å²) in [6, 6.07) is 0.635. The molecule has 0 aromatic rings. The fraction of sp³-hybridized carbons (Fsp3) is 1.00. The molecule has 0 aliphatic carbocycles. The first-order valence-corrected chi connectivity index (χ1v) is 5.21. The van der Waals surface area contributed by atoms with E-state index in [2.05, 4.69) is 30.8 Å². The van der Waals surface area contributed by atoms with Crippen molar-refractivity contribution in [1.82, 2.24) is 9.80 Å². The molecule has 2 saturated heterocycles. The minimum atomic E-state index is 0.180. The number of likely N-dealkylation sites (N-methyl/N-ethyl adjacent to an activating group) is 2. The SMILES string of the molecule is CCN1CC2(C1)OCCC2N(C)C. The van der Waals surface area contributed by atoms with E-state index in [1.54, 1.807) is 0 Å². The third kappa shape index (κ3) is 1.39. The lowest BCUT2D eigenvalue weighted by molar-refractivity contribution is -0.133. The van der Waals surface area contributed by atoms with E-state index < -0.39 is 0 Å². The minimum Gasteiger partial charge on any atom is -0.371 e. The van der Waals surface area contributed by atoms with Crippen molar-refractivity contribution in [1.29, 1.82) is 0 Å². The fourth-order valence-electron chi connectivity index (χ4n) is 2.70. The summed E-state index contributed by atoms with van der Waals surface area (Å²) in [5.41, 5.74) is 0.180. The zero-order valence-corrected chi connectivity index (χ0v) is 8.92. The molecule has 0 saturated carbocycles. The van der Waals surface area contributed by atoms with Gasteiger partial charge in [-0.1, -0.05) is 6.92 Å². The van der Waals surface area contributed by atoms with Crippen LogP contribution in [0.3, 0.4) is 0 Å². The third-order valence-corrected chi connectivity index (χ3v) is 3.44. The summed E-state index contributed by atoms with van der Waals surface area (Å²) in [7, 11) is 4.32. The van der Waals surface area contributed by atoms with Crippen LogP contribution in [0, 0.1) is 0 Å². The lowest BCUT2D eigenvalue weighted by Crippen LogP contribution is -2.68. The van der Waals surface area contributed by atoms with Crippen molar-refractivity contribution in [3.63, 3.8) is 0 Å². The highest BCUT2D eigenvalue weighted by atomic mass is 16.5. The second-order valence-electron chi connectivity index (χ2n) is 4.48. The van der Waals surface area contributed by atoms with Crippen molar-refractivity contribution in [2.24, 2.45) is 0 Å². The van der Waals surface area contributed by atoms with Crippen molar-refractivity contribution in [3.05, 3.63) is 0 Å². The molecule has 2 fully saturated rings. The summed E-state index contributed by atoms with van der Waals surface area (Å²) in [4.78, 5) is 4.77. The van der Waals surface area contributed by atoms with Gasteiger partial charge in [0.15, 0.2) is 0 Å². The summed E-state index contributed by atoms with van der Waals surface area (Å²) in [6.07, 6.45) is 1.20. The number of rotatable bonds is 2. The first kappa shape index (κ1) is 9.44. The molecule has 2 heterocycles. The first-order chi connectivity index (χ1) is 6.18. The molecule has 0 aromatic carbocycles. The molecule has 2 aliphatic heterocycles. The number of hydrogen-bond acceptors (Lipinski definition) is 3. The molecule has 2 aliphatic rings. The Hall–Kier alpha value is -0.120. The van der Waals surface area contributed by atoms with Gasteiger partial charge in [0.1, 0.15) is 5.60 Å². The molecule has 76 valence electrons. The molecule has 0 radical (unpaired) electrons. The highest BCUT2D eigenvalue weighted by Gasteiger charge is 2.53. The summed E-state index contributed by atoms with van der Waals surface area (Å²) in [5, 5.41) is 0. The maximum absolute atomic E-state index is 5.90. The Labute approximate surface area is 80.6 Å². The van der Waals surface area contributed by atoms with Gasteiger partial charge in [0.05, 0.1) is 0 Å². The smallest absolute Gasteiger partial charge is 0.109 e. The van der Waals surface area contributed by atoms with Crippen LogP contribution >= 0.6 is 0 Å². The van der Waals surface area contributed by atoms with E-state index in [0.717, 1.165) is 26.2 Å². The van der Waals surface area contributed by atoms with Crippen LogP contribution in [0.25, 0.3) is 0 Å². The summed E-state index contributed by atoms with van der Waals surface area (Å²) < 4.78 is 5.90. The predicted molar refractivity (Wildman–Crippen MR) is 52.9 cm³/mol. The Morgan fingerprint density at radius 3 is 2.69 bits per heavy atom. The van der Waals surface area contributed by atoms with Gasteiger partial charge in [0, 0.05) is 25.7 Å². The van der Waals surface area contributed by atoms with Gasteiger partial charge >= 0.3 is 0 Å². The Bertz CT molecular complexity index is 187. The maximum Gasteiger partial charge on any atom is 0.109 e. The van der Waals surface area contributed by atoms with Crippen molar-refractivity contribution >= 4 is 0 Å². The van der Waals surface area contributed by atoms with E-state index in [1.807, 2.05) is 0 Å². The van der Waals surface area contributed by atoms with Gasteiger partial charge in [0.2, 0.25) is 0 Å². The van der Waals surface area contributed by atoms with Gasteiger partial charge in [-0.05, 0) is 27.1 Å². The molecule has 1 spiro atoms. The summed E-state index contributed by atoms with van der Waals surface area (Å²) >= 11 is 0. The van der Waals surface area contributed by atoms with Crippen molar-refractivity contribution in [2.75, 3.05) is 40.3 Å². The summed E-state index contributed by atoms with van der Waals surface area (Å²) in [6.45, 7) is 6.58. The number of ether oxygens (including phenoxy) is 1. The maximum atomic E-state index is 5.90. The molecule has 0 bridgehead atoms. The van der Waals surface area contributed by atoms with Crippen LogP contribution in [0.4, 0.5) is 0 Å². The lowest BCUT2D eigenvalue weighted by atomic mass is 9.85. The van der Waals surface area contributed by atoms with E-state index in [1.165, 1.54) is 6.42 Å². The van der Waals surface area contributed by atoms with E-state index in [-0.39, 0.29) is 5.60 Å². The molecule has 2 rings (SSSR count). The monoisotopic (exact) mass is 184 g/mol. The molecule has 0 N–H and O–H groups in total. The molecule has 3 nitrogen and oxygen atoms in total. The van der Waals surface area contributed by atoms with Crippen molar-refractivity contribution in [3.8, 4) is 0 Å². The normalized spacial score (nSPS) is 32.8. The van der Waals surface area contributed by atoms with Gasteiger partial charge in [0.25, 0.3) is 0 Å². The molecule has 13 heavy (non-hydrogen) atoms. The first-order valence-electron chi connectivity index (χ1n) is 5.21. The van der Waals surface area contributed by atoms with E-state index in [9.17, 15) is 0 Å². The Kier molecular flexibility index (Phi) is 2.34. The van der Waals surface area contributed by atoms with Crippen LogP contribution in [0.5, 0.6) is 0 Å². The standard InChI is InChI=1S/C10H20N2O/c1-4-12-7-10(8-12)9(11(2)3)5-6-13-10/h9H,4-8H2,1-3H3. The molecule has 1 unspecified atom stereocenters. The van der Waals surface area contributed by atoms with Crippen LogP contribution in [0.15, 0.2) is 0 Å². The lowest BCUT2D eigenvalue weighted by Gasteiger charge is -2.51. The number of nitrogens with zero attached hydrogens (tertiary/aromatic N) is 2. The van der Waals surface area contributed by atoms with Crippen LogP contribution in [0.2, 0.25) is 0 Å². The molecule has 0 amide bonds. The Balaban J connectivity index is 1.99. The van der Waals surface area contributed by atoms with Gasteiger partial charge in [-0.15, -0.1) is 0 Å². The van der Waals surface area contributed by atoms with Crippen LogP contribution < -0.4 is 0 Å². The Morgan fingerprint density at radius 1 is 1.46 bits per heavy atom. The molecule has 0 aromatic heterocycles. The van der Waals surface area contributed by atoms with Crippen molar-refractivity contribution < 1.29 is 4.74 Å².